The predicted molar refractivity (Wildman–Crippen MR) is 94.6 cm³/mol. The number of benzene rings is 1. The standard InChI is InChI=1S/C20H25NO5/c1-3-25-18(24)20(11-7-4-8-12-20)21-17(23)19(2)13-14-9-5-6-10-15(14)16(22)26-19/h5-6,9-10H,3-4,7-8,11-13H2,1-2H3,(H,21,23). The SMILES string of the molecule is CCOC(=O)C1(NC(=O)C2(C)Cc3ccccc3C(=O)O2)CCCCC1. The van der Waals surface area contributed by atoms with Gasteiger partial charge in [-0.05, 0) is 38.3 Å². The first-order valence-electron chi connectivity index (χ1n) is 9.21. The number of hydrogen-bond donors (Lipinski definition) is 1. The van der Waals surface area contributed by atoms with Gasteiger partial charge in [-0.25, -0.2) is 9.59 Å². The number of cyclic esters (lactones) is 1. The number of fused-ring (bicyclic) bond motifs is 1. The Labute approximate surface area is 153 Å². The fraction of sp³-hybridized carbons (Fsp3) is 0.550. The highest BCUT2D eigenvalue weighted by Gasteiger charge is 2.49. The molecule has 140 valence electrons. The van der Waals surface area contributed by atoms with E-state index in [0.29, 0.717) is 18.4 Å². The van der Waals surface area contributed by atoms with Crippen LogP contribution in [0.4, 0.5) is 0 Å². The van der Waals surface area contributed by atoms with E-state index in [1.165, 1.54) is 0 Å². The first-order valence-corrected chi connectivity index (χ1v) is 9.21. The summed E-state index contributed by atoms with van der Waals surface area (Å²) >= 11 is 0. The van der Waals surface area contributed by atoms with Crippen molar-refractivity contribution in [2.45, 2.75) is 63.5 Å². The summed E-state index contributed by atoms with van der Waals surface area (Å²) in [7, 11) is 0. The third-order valence-corrected chi connectivity index (χ3v) is 5.29. The molecule has 0 saturated heterocycles. The highest BCUT2D eigenvalue weighted by atomic mass is 16.6. The zero-order valence-electron chi connectivity index (χ0n) is 15.3. The van der Waals surface area contributed by atoms with E-state index in [2.05, 4.69) is 5.32 Å². The first-order chi connectivity index (χ1) is 12.4. The van der Waals surface area contributed by atoms with E-state index in [-0.39, 0.29) is 13.0 Å². The second kappa shape index (κ2) is 7.09. The van der Waals surface area contributed by atoms with Gasteiger partial charge in [0.15, 0.2) is 5.60 Å². The molecule has 0 aromatic heterocycles. The number of rotatable bonds is 4. The van der Waals surface area contributed by atoms with E-state index in [1.54, 1.807) is 26.0 Å². The Balaban J connectivity index is 1.83. The molecule has 1 atom stereocenters. The maximum atomic E-state index is 13.1. The summed E-state index contributed by atoms with van der Waals surface area (Å²) in [6.45, 7) is 3.60. The number of ether oxygens (including phenoxy) is 2. The van der Waals surface area contributed by atoms with Crippen molar-refractivity contribution in [2.75, 3.05) is 6.61 Å². The van der Waals surface area contributed by atoms with Gasteiger partial charge >= 0.3 is 11.9 Å². The number of nitrogens with one attached hydrogen (secondary N) is 1. The topological polar surface area (TPSA) is 81.7 Å². The minimum Gasteiger partial charge on any atom is -0.464 e. The third kappa shape index (κ3) is 3.32. The Morgan fingerprint density at radius 1 is 1.19 bits per heavy atom. The minimum absolute atomic E-state index is 0.260. The maximum absolute atomic E-state index is 13.1. The second-order valence-corrected chi connectivity index (χ2v) is 7.27. The van der Waals surface area contributed by atoms with Gasteiger partial charge in [0.1, 0.15) is 5.54 Å². The normalized spacial score (nSPS) is 24.2. The molecule has 1 saturated carbocycles. The van der Waals surface area contributed by atoms with Gasteiger partial charge in [-0.15, -0.1) is 0 Å². The second-order valence-electron chi connectivity index (χ2n) is 7.27. The van der Waals surface area contributed by atoms with Crippen LogP contribution < -0.4 is 5.32 Å². The van der Waals surface area contributed by atoms with Crippen LogP contribution >= 0.6 is 0 Å². The average Bonchev–Trinajstić information content (AvgIpc) is 2.62. The van der Waals surface area contributed by atoms with Crippen LogP contribution in [0.3, 0.4) is 0 Å². The number of carbonyl (C=O) groups excluding carboxylic acids is 3. The average molecular weight is 359 g/mol. The third-order valence-electron chi connectivity index (χ3n) is 5.29. The number of esters is 2. The molecule has 6 heteroatoms. The van der Waals surface area contributed by atoms with Crippen molar-refractivity contribution in [1.82, 2.24) is 5.32 Å². The Kier molecular flexibility index (Phi) is 5.03. The van der Waals surface area contributed by atoms with Crippen molar-refractivity contribution in [1.29, 1.82) is 0 Å². The van der Waals surface area contributed by atoms with E-state index < -0.39 is 29.0 Å². The van der Waals surface area contributed by atoms with Crippen LogP contribution in [0.5, 0.6) is 0 Å². The van der Waals surface area contributed by atoms with E-state index >= 15 is 0 Å². The van der Waals surface area contributed by atoms with Gasteiger partial charge in [-0.1, -0.05) is 37.5 Å². The molecule has 3 rings (SSSR count). The summed E-state index contributed by atoms with van der Waals surface area (Å²) in [4.78, 5) is 37.9. The lowest BCUT2D eigenvalue weighted by Gasteiger charge is -2.40. The van der Waals surface area contributed by atoms with E-state index in [4.69, 9.17) is 9.47 Å². The number of hydrogen-bond acceptors (Lipinski definition) is 5. The summed E-state index contributed by atoms with van der Waals surface area (Å²) in [5.41, 5.74) is -1.12. The molecule has 6 nitrogen and oxygen atoms in total. The highest BCUT2D eigenvalue weighted by molar-refractivity contribution is 5.99. The summed E-state index contributed by atoms with van der Waals surface area (Å²) in [6.07, 6.45) is 4.07. The Morgan fingerprint density at radius 3 is 2.58 bits per heavy atom. The maximum Gasteiger partial charge on any atom is 0.339 e. The molecule has 1 aromatic rings. The summed E-state index contributed by atoms with van der Waals surface area (Å²) in [5, 5.41) is 2.89. The van der Waals surface area contributed by atoms with Crippen LogP contribution in [0.1, 0.15) is 61.9 Å². The molecular weight excluding hydrogens is 334 g/mol. The van der Waals surface area contributed by atoms with Crippen LogP contribution in [0.25, 0.3) is 0 Å². The van der Waals surface area contributed by atoms with Gasteiger partial charge in [0.2, 0.25) is 0 Å². The molecule has 1 N–H and O–H groups in total. The van der Waals surface area contributed by atoms with Crippen molar-refractivity contribution in [3.8, 4) is 0 Å². The molecular formula is C20H25NO5. The lowest BCUT2D eigenvalue weighted by Crippen LogP contribution is -2.62. The van der Waals surface area contributed by atoms with Gasteiger partial charge in [0.25, 0.3) is 5.91 Å². The van der Waals surface area contributed by atoms with E-state index in [9.17, 15) is 14.4 Å². The summed E-state index contributed by atoms with van der Waals surface area (Å²) in [5.74, 6) is -1.37. The van der Waals surface area contributed by atoms with Crippen LogP contribution in [0.2, 0.25) is 0 Å². The van der Waals surface area contributed by atoms with Gasteiger partial charge in [-0.2, -0.15) is 0 Å². The van der Waals surface area contributed by atoms with Gasteiger partial charge in [0.05, 0.1) is 12.2 Å². The van der Waals surface area contributed by atoms with E-state index in [0.717, 1.165) is 24.8 Å². The molecule has 26 heavy (non-hydrogen) atoms. The molecule has 1 fully saturated rings. The van der Waals surface area contributed by atoms with Gasteiger partial charge in [0, 0.05) is 6.42 Å². The lowest BCUT2D eigenvalue weighted by atomic mass is 9.80. The van der Waals surface area contributed by atoms with Crippen molar-refractivity contribution in [2.24, 2.45) is 0 Å². The fourth-order valence-corrected chi connectivity index (χ4v) is 3.81. The van der Waals surface area contributed by atoms with Gasteiger partial charge < -0.3 is 14.8 Å². The summed E-state index contributed by atoms with van der Waals surface area (Å²) in [6, 6.07) is 7.11. The Hall–Kier alpha value is -2.37. The van der Waals surface area contributed by atoms with Gasteiger partial charge in [-0.3, -0.25) is 4.79 Å². The Morgan fingerprint density at radius 2 is 1.88 bits per heavy atom. The number of amides is 1. The molecule has 1 unspecified atom stereocenters. The largest absolute Gasteiger partial charge is 0.464 e. The predicted octanol–water partition coefficient (Wildman–Crippen LogP) is 2.54. The smallest absolute Gasteiger partial charge is 0.339 e. The molecule has 0 bridgehead atoms. The molecule has 0 radical (unpaired) electrons. The van der Waals surface area contributed by atoms with Crippen LogP contribution in [-0.4, -0.2) is 35.6 Å². The zero-order valence-corrected chi connectivity index (χ0v) is 15.3. The quantitative estimate of drug-likeness (QED) is 0.836. The van der Waals surface area contributed by atoms with Crippen molar-refractivity contribution in [3.05, 3.63) is 35.4 Å². The molecule has 1 heterocycles. The zero-order chi connectivity index (χ0) is 18.8. The lowest BCUT2D eigenvalue weighted by molar-refractivity contribution is -0.158. The molecule has 1 amide bonds. The van der Waals surface area contributed by atoms with Crippen molar-refractivity contribution >= 4 is 17.8 Å². The van der Waals surface area contributed by atoms with Crippen molar-refractivity contribution in [3.63, 3.8) is 0 Å². The Bertz CT molecular complexity index is 723. The van der Waals surface area contributed by atoms with Crippen LogP contribution in [0, 0.1) is 0 Å². The molecule has 1 aliphatic carbocycles. The summed E-state index contributed by atoms with van der Waals surface area (Å²) < 4.78 is 10.7. The monoisotopic (exact) mass is 359 g/mol. The fourth-order valence-electron chi connectivity index (χ4n) is 3.81. The minimum atomic E-state index is -1.34. The van der Waals surface area contributed by atoms with E-state index in [1.807, 2.05) is 12.1 Å². The highest BCUT2D eigenvalue weighted by Crippen LogP contribution is 2.33. The number of carbonyl (C=O) groups is 3. The van der Waals surface area contributed by atoms with Crippen molar-refractivity contribution < 1.29 is 23.9 Å². The molecule has 1 aromatic carbocycles. The first kappa shape index (κ1) is 18.4. The molecule has 1 aliphatic heterocycles. The van der Waals surface area contributed by atoms with Crippen LogP contribution in [-0.2, 0) is 25.5 Å². The van der Waals surface area contributed by atoms with Crippen LogP contribution in [0.15, 0.2) is 24.3 Å². The molecule has 2 aliphatic rings. The molecule has 0 spiro atoms.